The first-order valence-corrected chi connectivity index (χ1v) is 8.94. The molecule has 27 heavy (non-hydrogen) atoms. The van der Waals surface area contributed by atoms with Gasteiger partial charge in [0, 0.05) is 21.8 Å². The number of aromatic hydroxyl groups is 1. The maximum Gasteiger partial charge on any atom is 0.335 e. The number of hydrogen-bond acceptors (Lipinski definition) is 4. The van der Waals surface area contributed by atoms with Crippen LogP contribution < -0.4 is 11.2 Å². The van der Waals surface area contributed by atoms with Gasteiger partial charge in [0.1, 0.15) is 5.56 Å². The molecule has 0 fully saturated rings. The number of allylic oxidation sites excluding steroid dienone is 1. The molecule has 2 heterocycles. The molecule has 1 aliphatic rings. The van der Waals surface area contributed by atoms with E-state index in [4.69, 9.17) is 0 Å². The Morgan fingerprint density at radius 3 is 2.63 bits per heavy atom. The van der Waals surface area contributed by atoms with Gasteiger partial charge in [-0.1, -0.05) is 33.6 Å². The Hall–Kier alpha value is -3.19. The zero-order valence-corrected chi connectivity index (χ0v) is 15.8. The van der Waals surface area contributed by atoms with Crippen molar-refractivity contribution >= 4 is 39.5 Å². The highest BCUT2D eigenvalue weighted by Crippen LogP contribution is 2.35. The molecule has 1 aliphatic heterocycles. The fourth-order valence-electron chi connectivity index (χ4n) is 2.93. The molecule has 2 N–H and O–H groups in total. The number of aliphatic imine (C=N–C) groups is 1. The van der Waals surface area contributed by atoms with Gasteiger partial charge in [-0.15, -0.1) is 0 Å². The summed E-state index contributed by atoms with van der Waals surface area (Å²) in [6.45, 7) is 1.92. The molecule has 0 saturated carbocycles. The van der Waals surface area contributed by atoms with E-state index in [1.54, 1.807) is 18.3 Å². The smallest absolute Gasteiger partial charge is 0.335 e. The zero-order valence-electron chi connectivity index (χ0n) is 14.2. The first kappa shape index (κ1) is 17.2. The second kappa shape index (κ2) is 6.51. The molecule has 134 valence electrons. The second-order valence-electron chi connectivity index (χ2n) is 6.19. The number of rotatable bonds is 2. The topological polar surface area (TPSA) is 87.4 Å². The van der Waals surface area contributed by atoms with Crippen LogP contribution in [-0.2, 0) is 0 Å². The Balaban J connectivity index is 1.91. The Labute approximate surface area is 162 Å². The molecule has 0 amide bonds. The molecule has 7 heteroatoms. The number of H-pyrrole nitrogens is 1. The van der Waals surface area contributed by atoms with Gasteiger partial charge in [-0.3, -0.25) is 14.8 Å². The number of aryl methyl sites for hydroxylation is 1. The van der Waals surface area contributed by atoms with E-state index in [0.717, 1.165) is 25.9 Å². The number of fused-ring (bicyclic) bond motifs is 1. The molecule has 0 saturated heterocycles. The second-order valence-corrected chi connectivity index (χ2v) is 7.10. The first-order chi connectivity index (χ1) is 12.9. The van der Waals surface area contributed by atoms with Gasteiger partial charge in [0.2, 0.25) is 5.88 Å². The van der Waals surface area contributed by atoms with Gasteiger partial charge >= 0.3 is 5.69 Å². The molecule has 2 aromatic carbocycles. The summed E-state index contributed by atoms with van der Waals surface area (Å²) < 4.78 is 1.95. The summed E-state index contributed by atoms with van der Waals surface area (Å²) in [5, 5.41) is 10.7. The first-order valence-electron chi connectivity index (χ1n) is 8.15. The number of benzene rings is 2. The lowest BCUT2D eigenvalue weighted by Crippen LogP contribution is -2.30. The monoisotopic (exact) mass is 423 g/mol. The summed E-state index contributed by atoms with van der Waals surface area (Å²) >= 11 is 3.42. The molecule has 3 aromatic rings. The van der Waals surface area contributed by atoms with Crippen LogP contribution in [0.4, 0.5) is 5.69 Å². The van der Waals surface area contributed by atoms with Gasteiger partial charge in [-0.25, -0.2) is 9.36 Å². The van der Waals surface area contributed by atoms with Crippen molar-refractivity contribution in [1.29, 1.82) is 0 Å². The van der Waals surface area contributed by atoms with Crippen LogP contribution >= 0.6 is 15.9 Å². The normalized spacial score (nSPS) is 13.9. The third-order valence-electron chi connectivity index (χ3n) is 4.33. The Morgan fingerprint density at radius 1 is 1.15 bits per heavy atom. The quantitative estimate of drug-likeness (QED) is 0.660. The van der Waals surface area contributed by atoms with Crippen LogP contribution in [0.5, 0.6) is 5.88 Å². The summed E-state index contributed by atoms with van der Waals surface area (Å²) in [5.41, 5.74) is 2.37. The van der Waals surface area contributed by atoms with E-state index in [1.165, 1.54) is 6.08 Å². The van der Waals surface area contributed by atoms with Gasteiger partial charge < -0.3 is 5.11 Å². The summed E-state index contributed by atoms with van der Waals surface area (Å²) in [5.74, 6) is -0.419. The van der Waals surface area contributed by atoms with Gasteiger partial charge in [-0.05, 0) is 43.3 Å². The largest absolute Gasteiger partial charge is 0.494 e. The number of aromatic amines is 1. The molecule has 0 bridgehead atoms. The molecular formula is C20H14BrN3O3. The Bertz CT molecular complexity index is 1230. The summed E-state index contributed by atoms with van der Waals surface area (Å²) in [6.07, 6.45) is 3.15. The standard InChI is InChI=1S/C20H14BrN3O3/c1-11-2-5-14(6-3-11)24-19(26)16(18(25)23-20(24)27)8-12-10-22-17-7-4-13(21)9-15(12)17/h2-10,26H,1H3,(H,23,25,27). The van der Waals surface area contributed by atoms with Crippen molar-refractivity contribution in [1.82, 2.24) is 9.55 Å². The summed E-state index contributed by atoms with van der Waals surface area (Å²) in [6, 6.07) is 12.7. The van der Waals surface area contributed by atoms with Crippen molar-refractivity contribution in [3.8, 4) is 11.6 Å². The summed E-state index contributed by atoms with van der Waals surface area (Å²) in [7, 11) is 0. The van der Waals surface area contributed by atoms with Crippen LogP contribution in [0.1, 0.15) is 16.7 Å². The SMILES string of the molecule is Cc1ccc(-n2c(O)c(C=C3C=Nc4ccc(Br)cc43)c(=O)[nH]c2=O)cc1. The lowest BCUT2D eigenvalue weighted by Gasteiger charge is -2.10. The minimum atomic E-state index is -0.702. The number of halogens is 1. The molecule has 0 radical (unpaired) electrons. The van der Waals surface area contributed by atoms with Crippen molar-refractivity contribution in [2.45, 2.75) is 6.92 Å². The minimum Gasteiger partial charge on any atom is -0.494 e. The number of aromatic nitrogens is 2. The summed E-state index contributed by atoms with van der Waals surface area (Å²) in [4.78, 5) is 31.2. The highest BCUT2D eigenvalue weighted by Gasteiger charge is 2.18. The van der Waals surface area contributed by atoms with Crippen molar-refractivity contribution < 1.29 is 5.11 Å². The van der Waals surface area contributed by atoms with E-state index in [1.807, 2.05) is 37.3 Å². The highest BCUT2D eigenvalue weighted by atomic mass is 79.9. The highest BCUT2D eigenvalue weighted by molar-refractivity contribution is 9.10. The zero-order chi connectivity index (χ0) is 19.1. The number of nitrogens with one attached hydrogen (secondary N) is 1. The van der Waals surface area contributed by atoms with Crippen LogP contribution in [0.3, 0.4) is 0 Å². The molecule has 0 spiro atoms. The van der Waals surface area contributed by atoms with Crippen molar-refractivity contribution in [2.24, 2.45) is 4.99 Å². The van der Waals surface area contributed by atoms with Crippen molar-refractivity contribution in [3.63, 3.8) is 0 Å². The van der Waals surface area contributed by atoms with Crippen LogP contribution in [-0.4, -0.2) is 20.9 Å². The molecule has 4 rings (SSSR count). The fourth-order valence-corrected chi connectivity index (χ4v) is 3.29. The molecule has 6 nitrogen and oxygen atoms in total. The van der Waals surface area contributed by atoms with Crippen molar-refractivity contribution in [2.75, 3.05) is 0 Å². The van der Waals surface area contributed by atoms with Gasteiger partial charge in [0.15, 0.2) is 0 Å². The van der Waals surface area contributed by atoms with E-state index < -0.39 is 17.1 Å². The van der Waals surface area contributed by atoms with E-state index in [0.29, 0.717) is 11.3 Å². The minimum absolute atomic E-state index is 0.00977. The van der Waals surface area contributed by atoms with E-state index in [2.05, 4.69) is 25.9 Å². The number of hydrogen-bond donors (Lipinski definition) is 2. The van der Waals surface area contributed by atoms with Crippen LogP contribution in [0, 0.1) is 6.92 Å². The number of nitrogens with zero attached hydrogens (tertiary/aromatic N) is 2. The van der Waals surface area contributed by atoms with Crippen molar-refractivity contribution in [3.05, 3.63) is 84.5 Å². The van der Waals surface area contributed by atoms with E-state index in [9.17, 15) is 14.7 Å². The molecule has 1 aromatic heterocycles. The average molecular weight is 424 g/mol. The Kier molecular flexibility index (Phi) is 4.16. The van der Waals surface area contributed by atoms with Crippen LogP contribution in [0.2, 0.25) is 0 Å². The average Bonchev–Trinajstić information content (AvgIpc) is 3.02. The molecular weight excluding hydrogens is 410 g/mol. The maximum atomic E-state index is 12.3. The molecule has 0 atom stereocenters. The van der Waals surface area contributed by atoms with Gasteiger partial charge in [0.05, 0.1) is 11.4 Å². The fraction of sp³-hybridized carbons (Fsp3) is 0.0500. The maximum absolute atomic E-state index is 12.3. The van der Waals surface area contributed by atoms with Gasteiger partial charge in [-0.2, -0.15) is 0 Å². The van der Waals surface area contributed by atoms with Gasteiger partial charge in [0.25, 0.3) is 5.56 Å². The Morgan fingerprint density at radius 2 is 1.89 bits per heavy atom. The van der Waals surface area contributed by atoms with E-state index >= 15 is 0 Å². The third kappa shape index (κ3) is 3.06. The predicted octanol–water partition coefficient (Wildman–Crippen LogP) is 3.56. The molecule has 0 unspecified atom stereocenters. The third-order valence-corrected chi connectivity index (χ3v) is 4.82. The predicted molar refractivity (Wildman–Crippen MR) is 109 cm³/mol. The molecule has 0 aliphatic carbocycles. The lowest BCUT2D eigenvalue weighted by molar-refractivity contribution is 0.429. The van der Waals surface area contributed by atoms with Crippen LogP contribution in [0.25, 0.3) is 17.3 Å². The lowest BCUT2D eigenvalue weighted by atomic mass is 10.1. The van der Waals surface area contributed by atoms with Crippen LogP contribution in [0.15, 0.2) is 61.5 Å². The van der Waals surface area contributed by atoms with E-state index in [-0.39, 0.29) is 5.56 Å².